The minimum atomic E-state index is 0.0282. The molecule has 0 bridgehead atoms. The molecular weight excluding hydrogens is 308 g/mol. The molecule has 23 heavy (non-hydrogen) atoms. The molecule has 0 N–H and O–H groups in total. The highest BCUT2D eigenvalue weighted by atomic mass is 35.5. The maximum absolute atomic E-state index is 6.17. The van der Waals surface area contributed by atoms with E-state index in [1.807, 2.05) is 48.5 Å². The van der Waals surface area contributed by atoms with Crippen molar-refractivity contribution in [1.82, 2.24) is 9.97 Å². The lowest BCUT2D eigenvalue weighted by Gasteiger charge is -2.18. The van der Waals surface area contributed by atoms with Gasteiger partial charge in [-0.15, -0.1) is 0 Å². The molecule has 0 spiro atoms. The van der Waals surface area contributed by atoms with Crippen LogP contribution in [-0.4, -0.2) is 9.97 Å². The fourth-order valence-corrected chi connectivity index (χ4v) is 2.59. The molecule has 3 rings (SSSR count). The first-order chi connectivity index (χ1) is 11.3. The lowest BCUT2D eigenvalue weighted by molar-refractivity contribution is 0.201. The van der Waals surface area contributed by atoms with Crippen molar-refractivity contribution in [2.45, 2.75) is 19.4 Å². The normalized spacial score (nSPS) is 11.9. The predicted molar refractivity (Wildman–Crippen MR) is 92.6 cm³/mol. The van der Waals surface area contributed by atoms with E-state index in [0.717, 1.165) is 23.4 Å². The Bertz CT molecular complexity index is 777. The summed E-state index contributed by atoms with van der Waals surface area (Å²) in [6.07, 6.45) is 2.57. The van der Waals surface area contributed by atoms with E-state index < -0.39 is 0 Å². The molecule has 0 radical (unpaired) electrons. The molecule has 1 atom stereocenters. The summed E-state index contributed by atoms with van der Waals surface area (Å²) < 4.78 is 6.17. The second kappa shape index (κ2) is 7.25. The molecule has 1 aromatic heterocycles. The van der Waals surface area contributed by atoms with Crippen LogP contribution in [0, 0.1) is 0 Å². The topological polar surface area (TPSA) is 35.0 Å². The molecule has 3 aromatic rings. The lowest BCUT2D eigenvalue weighted by atomic mass is 10.1. The Hall–Kier alpha value is -2.39. The van der Waals surface area contributed by atoms with Gasteiger partial charge in [0.15, 0.2) is 0 Å². The van der Waals surface area contributed by atoms with Crippen molar-refractivity contribution in [2.24, 2.45) is 0 Å². The molecule has 0 fully saturated rings. The third-order valence-electron chi connectivity index (χ3n) is 3.58. The summed E-state index contributed by atoms with van der Waals surface area (Å²) in [6.45, 7) is 2.12. The Balaban J connectivity index is 1.85. The predicted octanol–water partition coefficient (Wildman–Crippen LogP) is 5.33. The van der Waals surface area contributed by atoms with E-state index in [0.29, 0.717) is 0 Å². The highest BCUT2D eigenvalue weighted by Gasteiger charge is 2.11. The number of benzene rings is 2. The number of ether oxygens (including phenoxy) is 1. The van der Waals surface area contributed by atoms with Crippen molar-refractivity contribution < 1.29 is 4.74 Å². The van der Waals surface area contributed by atoms with E-state index in [9.17, 15) is 0 Å². The molecule has 3 nitrogen and oxygen atoms in total. The van der Waals surface area contributed by atoms with Crippen molar-refractivity contribution in [3.05, 3.63) is 77.7 Å². The molecular formula is C19H17ClN2O. The van der Waals surface area contributed by atoms with Crippen LogP contribution in [0.3, 0.4) is 0 Å². The largest absolute Gasteiger partial charge is 0.486 e. The van der Waals surface area contributed by atoms with Crippen LogP contribution in [-0.2, 0) is 0 Å². The Morgan fingerprint density at radius 2 is 1.87 bits per heavy atom. The number of halogens is 1. The first kappa shape index (κ1) is 15.5. The molecule has 4 heteroatoms. The Morgan fingerprint density at radius 3 is 2.61 bits per heavy atom. The van der Waals surface area contributed by atoms with Crippen LogP contribution in [0.2, 0.25) is 5.28 Å². The first-order valence-electron chi connectivity index (χ1n) is 7.57. The van der Waals surface area contributed by atoms with Crippen LogP contribution in [0.1, 0.15) is 25.0 Å². The van der Waals surface area contributed by atoms with Crippen LogP contribution in [0.4, 0.5) is 0 Å². The van der Waals surface area contributed by atoms with Gasteiger partial charge in [-0.2, -0.15) is 0 Å². The standard InChI is InChI=1S/C19H17ClN2O/c1-2-18(14-7-4-3-5-8-14)23-16-10-6-9-15(13-16)17-11-12-21-19(20)22-17/h3-13,18H,2H2,1H3. The molecule has 0 saturated heterocycles. The van der Waals surface area contributed by atoms with E-state index in [4.69, 9.17) is 16.3 Å². The highest BCUT2D eigenvalue weighted by Crippen LogP contribution is 2.28. The second-order valence-electron chi connectivity index (χ2n) is 5.16. The summed E-state index contributed by atoms with van der Waals surface area (Å²) in [5.74, 6) is 0.813. The van der Waals surface area contributed by atoms with E-state index in [2.05, 4.69) is 29.0 Å². The number of hydrogen-bond donors (Lipinski definition) is 0. The zero-order valence-electron chi connectivity index (χ0n) is 12.8. The summed E-state index contributed by atoms with van der Waals surface area (Å²) in [5.41, 5.74) is 2.91. The van der Waals surface area contributed by atoms with Crippen molar-refractivity contribution in [3.8, 4) is 17.0 Å². The van der Waals surface area contributed by atoms with Crippen LogP contribution < -0.4 is 4.74 Å². The molecule has 0 aliphatic carbocycles. The van der Waals surface area contributed by atoms with E-state index in [1.54, 1.807) is 6.20 Å². The van der Waals surface area contributed by atoms with E-state index in [1.165, 1.54) is 5.56 Å². The molecule has 1 unspecified atom stereocenters. The van der Waals surface area contributed by atoms with Gasteiger partial charge in [0.1, 0.15) is 11.9 Å². The van der Waals surface area contributed by atoms with Gasteiger partial charge in [0.2, 0.25) is 5.28 Å². The SMILES string of the molecule is CCC(Oc1cccc(-c2ccnc(Cl)n2)c1)c1ccccc1. The van der Waals surface area contributed by atoms with Crippen molar-refractivity contribution >= 4 is 11.6 Å². The van der Waals surface area contributed by atoms with Crippen LogP contribution in [0.15, 0.2) is 66.9 Å². The van der Waals surface area contributed by atoms with Crippen molar-refractivity contribution in [1.29, 1.82) is 0 Å². The van der Waals surface area contributed by atoms with Crippen LogP contribution in [0.5, 0.6) is 5.75 Å². The zero-order valence-corrected chi connectivity index (χ0v) is 13.6. The molecule has 2 aromatic carbocycles. The maximum Gasteiger partial charge on any atom is 0.222 e. The maximum atomic E-state index is 6.17. The Morgan fingerprint density at radius 1 is 1.04 bits per heavy atom. The quantitative estimate of drug-likeness (QED) is 0.595. The Labute approximate surface area is 140 Å². The molecule has 0 saturated carbocycles. The number of hydrogen-bond acceptors (Lipinski definition) is 3. The third-order valence-corrected chi connectivity index (χ3v) is 3.76. The summed E-state index contributed by atoms with van der Waals surface area (Å²) in [5, 5.41) is 0.240. The number of aromatic nitrogens is 2. The third kappa shape index (κ3) is 3.88. The lowest BCUT2D eigenvalue weighted by Crippen LogP contribution is -2.06. The zero-order chi connectivity index (χ0) is 16.1. The summed E-state index contributed by atoms with van der Waals surface area (Å²) in [4.78, 5) is 8.15. The average molecular weight is 325 g/mol. The molecule has 0 aliphatic rings. The smallest absolute Gasteiger partial charge is 0.222 e. The first-order valence-corrected chi connectivity index (χ1v) is 7.94. The minimum Gasteiger partial charge on any atom is -0.486 e. The monoisotopic (exact) mass is 324 g/mol. The van der Waals surface area contributed by atoms with Gasteiger partial charge in [-0.1, -0.05) is 49.4 Å². The summed E-state index contributed by atoms with van der Waals surface area (Å²) in [7, 11) is 0. The molecule has 0 amide bonds. The summed E-state index contributed by atoms with van der Waals surface area (Å²) in [6, 6.07) is 19.9. The van der Waals surface area contributed by atoms with E-state index in [-0.39, 0.29) is 11.4 Å². The van der Waals surface area contributed by atoms with Gasteiger partial charge in [-0.25, -0.2) is 9.97 Å². The molecule has 116 valence electrons. The van der Waals surface area contributed by atoms with Crippen molar-refractivity contribution in [2.75, 3.05) is 0 Å². The van der Waals surface area contributed by atoms with Gasteiger partial charge in [-0.3, -0.25) is 0 Å². The van der Waals surface area contributed by atoms with Gasteiger partial charge >= 0.3 is 0 Å². The van der Waals surface area contributed by atoms with Crippen molar-refractivity contribution in [3.63, 3.8) is 0 Å². The number of rotatable bonds is 5. The fraction of sp³-hybridized carbons (Fsp3) is 0.158. The molecule has 0 aliphatic heterocycles. The van der Waals surface area contributed by atoms with Gasteiger partial charge in [0.25, 0.3) is 0 Å². The second-order valence-corrected chi connectivity index (χ2v) is 5.50. The van der Waals surface area contributed by atoms with E-state index >= 15 is 0 Å². The minimum absolute atomic E-state index is 0.0282. The fourth-order valence-electron chi connectivity index (χ4n) is 2.44. The van der Waals surface area contributed by atoms with Gasteiger partial charge in [-0.05, 0) is 41.8 Å². The number of nitrogens with zero attached hydrogens (tertiary/aromatic N) is 2. The van der Waals surface area contributed by atoms with Gasteiger partial charge in [0, 0.05) is 11.8 Å². The van der Waals surface area contributed by atoms with Crippen LogP contribution >= 0.6 is 11.6 Å². The van der Waals surface area contributed by atoms with Gasteiger partial charge in [0.05, 0.1) is 5.69 Å². The average Bonchev–Trinajstić information content (AvgIpc) is 2.61. The Kier molecular flexibility index (Phi) is 4.89. The summed E-state index contributed by atoms with van der Waals surface area (Å²) >= 11 is 5.87. The highest BCUT2D eigenvalue weighted by molar-refractivity contribution is 6.28. The molecule has 1 heterocycles. The van der Waals surface area contributed by atoms with Gasteiger partial charge < -0.3 is 4.74 Å². The van der Waals surface area contributed by atoms with Crippen LogP contribution in [0.25, 0.3) is 11.3 Å².